The van der Waals surface area contributed by atoms with Crippen molar-refractivity contribution in [3.8, 4) is 5.75 Å². The number of nitrogens with one attached hydrogen (secondary N) is 1. The van der Waals surface area contributed by atoms with Crippen molar-refractivity contribution in [1.29, 1.82) is 0 Å². The van der Waals surface area contributed by atoms with Crippen LogP contribution in [0.3, 0.4) is 0 Å². The number of amides is 1. The number of benzene rings is 3. The number of halogens is 3. The fraction of sp³-hybridized carbons (Fsp3) is 0.226. The lowest BCUT2D eigenvalue weighted by Gasteiger charge is -2.13. The Morgan fingerprint density at radius 1 is 0.905 bits per heavy atom. The van der Waals surface area contributed by atoms with Gasteiger partial charge in [0.05, 0.1) is 11.3 Å². The number of aryl methyl sites for hydroxylation is 2. The van der Waals surface area contributed by atoms with Gasteiger partial charge in [-0.1, -0.05) is 30.3 Å². The number of carbonyl (C=O) groups is 4. The Bertz CT molecular complexity index is 1560. The van der Waals surface area contributed by atoms with Gasteiger partial charge >= 0.3 is 12.3 Å². The van der Waals surface area contributed by atoms with Crippen molar-refractivity contribution in [3.05, 3.63) is 100 Å². The topological polar surface area (TPSA) is 110 Å². The van der Waals surface area contributed by atoms with Crippen LogP contribution < -0.4 is 10.1 Å². The first-order valence-electron chi connectivity index (χ1n) is 12.9. The van der Waals surface area contributed by atoms with Crippen molar-refractivity contribution in [1.82, 2.24) is 5.32 Å². The second-order valence-corrected chi connectivity index (χ2v) is 10.3. The summed E-state index contributed by atoms with van der Waals surface area (Å²) in [5, 5.41) is 11.2. The van der Waals surface area contributed by atoms with E-state index in [0.717, 1.165) is 42.7 Å². The minimum Gasteiger partial charge on any atom is -0.481 e. The maximum Gasteiger partial charge on any atom is 0.573 e. The molecule has 0 aromatic heterocycles. The Kier molecular flexibility index (Phi) is 9.52. The van der Waals surface area contributed by atoms with Crippen LogP contribution in [0.1, 0.15) is 60.6 Å². The molecule has 0 unspecified atom stereocenters. The third-order valence-corrected chi connectivity index (χ3v) is 7.40. The second-order valence-electron chi connectivity index (χ2n) is 9.48. The number of thioether (sulfide) groups is 1. The molecule has 218 valence electrons. The molecule has 0 spiro atoms. The monoisotopic (exact) mass is 597 g/mol. The first kappa shape index (κ1) is 30.6. The zero-order valence-electron chi connectivity index (χ0n) is 22.4. The van der Waals surface area contributed by atoms with Crippen LogP contribution in [-0.4, -0.2) is 47.7 Å². The van der Waals surface area contributed by atoms with Gasteiger partial charge in [-0.15, -0.1) is 24.9 Å². The lowest BCUT2D eigenvalue weighted by molar-refractivity contribution is -0.275. The van der Waals surface area contributed by atoms with Gasteiger partial charge in [-0.25, -0.2) is 0 Å². The Hall–Kier alpha value is -4.38. The molecule has 0 radical (unpaired) electrons. The Labute approximate surface area is 243 Å². The van der Waals surface area contributed by atoms with Gasteiger partial charge in [0.2, 0.25) is 0 Å². The molecule has 0 fully saturated rings. The van der Waals surface area contributed by atoms with Crippen LogP contribution in [0.4, 0.5) is 13.2 Å². The van der Waals surface area contributed by atoms with Crippen LogP contribution in [-0.2, 0) is 17.6 Å². The Balaban J connectivity index is 1.66. The lowest BCUT2D eigenvalue weighted by atomic mass is 9.92. The van der Waals surface area contributed by atoms with E-state index in [1.54, 1.807) is 12.3 Å². The number of carboxylic acids is 1. The van der Waals surface area contributed by atoms with E-state index in [2.05, 4.69) is 10.1 Å². The zero-order chi connectivity index (χ0) is 30.4. The van der Waals surface area contributed by atoms with E-state index in [0.29, 0.717) is 5.56 Å². The SMILES string of the molecule is CSc1cc(C(=O)/C=C(\C(=O)c2ccc(C(=O)NCCC(=O)O)cc2)c2ccc3c(c2)CCC3)ccc1OC(F)(F)F. The molecule has 3 aromatic rings. The van der Waals surface area contributed by atoms with Crippen molar-refractivity contribution in [2.24, 2.45) is 0 Å². The highest BCUT2D eigenvalue weighted by Crippen LogP contribution is 2.34. The van der Waals surface area contributed by atoms with Crippen LogP contribution in [0.25, 0.3) is 5.57 Å². The number of ketones is 2. The molecule has 1 aliphatic carbocycles. The molecular weight excluding hydrogens is 571 g/mol. The van der Waals surface area contributed by atoms with Crippen LogP contribution in [0.2, 0.25) is 0 Å². The van der Waals surface area contributed by atoms with E-state index in [1.165, 1.54) is 48.0 Å². The zero-order valence-corrected chi connectivity index (χ0v) is 23.2. The number of carboxylic acid groups (broad SMARTS) is 1. The highest BCUT2D eigenvalue weighted by atomic mass is 32.2. The molecule has 0 saturated carbocycles. The van der Waals surface area contributed by atoms with E-state index >= 15 is 0 Å². The predicted octanol–water partition coefficient (Wildman–Crippen LogP) is 6.15. The van der Waals surface area contributed by atoms with Gasteiger partial charge in [0.1, 0.15) is 5.75 Å². The lowest BCUT2D eigenvalue weighted by Crippen LogP contribution is -2.26. The predicted molar refractivity (Wildman–Crippen MR) is 151 cm³/mol. The fourth-order valence-electron chi connectivity index (χ4n) is 4.58. The second kappa shape index (κ2) is 13.1. The molecule has 0 bridgehead atoms. The third kappa shape index (κ3) is 7.67. The quantitative estimate of drug-likeness (QED) is 0.155. The van der Waals surface area contributed by atoms with Crippen molar-refractivity contribution in [2.75, 3.05) is 12.8 Å². The van der Waals surface area contributed by atoms with Gasteiger partial charge in [-0.05, 0) is 78.6 Å². The summed E-state index contributed by atoms with van der Waals surface area (Å²) in [6.07, 6.45) is 0.334. The average Bonchev–Trinajstić information content (AvgIpc) is 3.43. The number of alkyl halides is 3. The maximum absolute atomic E-state index is 13.7. The molecule has 4 rings (SSSR count). The molecule has 2 N–H and O–H groups in total. The summed E-state index contributed by atoms with van der Waals surface area (Å²) in [5.74, 6) is -3.05. The molecule has 11 heteroatoms. The molecule has 1 aliphatic rings. The highest BCUT2D eigenvalue weighted by Gasteiger charge is 2.32. The minimum atomic E-state index is -4.89. The maximum atomic E-state index is 13.7. The summed E-state index contributed by atoms with van der Waals surface area (Å²) < 4.78 is 42.4. The normalized spacial score (nSPS) is 12.9. The van der Waals surface area contributed by atoms with Gasteiger partial charge in [-0.3, -0.25) is 19.2 Å². The van der Waals surface area contributed by atoms with Gasteiger partial charge in [0.15, 0.2) is 11.6 Å². The number of fused-ring (bicyclic) bond motifs is 1. The number of hydrogen-bond acceptors (Lipinski definition) is 6. The van der Waals surface area contributed by atoms with Gasteiger partial charge in [-0.2, -0.15) is 0 Å². The molecule has 0 saturated heterocycles. The van der Waals surface area contributed by atoms with Crippen molar-refractivity contribution in [2.45, 2.75) is 36.9 Å². The van der Waals surface area contributed by atoms with Crippen molar-refractivity contribution in [3.63, 3.8) is 0 Å². The molecular formula is C31H26F3NO6S. The van der Waals surface area contributed by atoms with Crippen molar-refractivity contribution >= 4 is 40.8 Å². The number of allylic oxidation sites excluding steroid dienone is 2. The van der Waals surface area contributed by atoms with Gasteiger partial charge in [0, 0.05) is 28.8 Å². The molecule has 3 aromatic carbocycles. The molecule has 1 amide bonds. The summed E-state index contributed by atoms with van der Waals surface area (Å²) >= 11 is 0.983. The summed E-state index contributed by atoms with van der Waals surface area (Å²) in [5.41, 5.74) is 3.36. The molecule has 42 heavy (non-hydrogen) atoms. The molecule has 0 heterocycles. The van der Waals surface area contributed by atoms with Crippen LogP contribution in [0.15, 0.2) is 71.6 Å². The van der Waals surface area contributed by atoms with E-state index in [1.807, 2.05) is 12.1 Å². The van der Waals surface area contributed by atoms with Gasteiger partial charge in [0.25, 0.3) is 5.91 Å². The van der Waals surface area contributed by atoms with E-state index < -0.39 is 35.6 Å². The number of hydrogen-bond donors (Lipinski definition) is 2. The highest BCUT2D eigenvalue weighted by molar-refractivity contribution is 7.98. The summed E-state index contributed by atoms with van der Waals surface area (Å²) in [7, 11) is 0. The summed E-state index contributed by atoms with van der Waals surface area (Å²) in [6, 6.07) is 14.8. The Morgan fingerprint density at radius 2 is 1.55 bits per heavy atom. The van der Waals surface area contributed by atoms with Crippen molar-refractivity contribution < 1.29 is 42.2 Å². The number of aliphatic carboxylic acids is 1. The number of Topliss-reactive ketones (excluding diaryl/α,β-unsaturated/α-hetero) is 1. The smallest absolute Gasteiger partial charge is 0.481 e. The molecule has 0 aliphatic heterocycles. The van der Waals surface area contributed by atoms with Gasteiger partial charge < -0.3 is 15.2 Å². The van der Waals surface area contributed by atoms with E-state index in [-0.39, 0.29) is 40.1 Å². The summed E-state index contributed by atoms with van der Waals surface area (Å²) in [6.45, 7) is -0.0518. The summed E-state index contributed by atoms with van der Waals surface area (Å²) in [4.78, 5) is 50.2. The Morgan fingerprint density at radius 3 is 2.21 bits per heavy atom. The van der Waals surface area contributed by atoms with Crippen LogP contribution in [0, 0.1) is 0 Å². The van der Waals surface area contributed by atoms with E-state index in [9.17, 15) is 32.3 Å². The average molecular weight is 598 g/mol. The first-order valence-corrected chi connectivity index (χ1v) is 14.1. The third-order valence-electron chi connectivity index (χ3n) is 6.64. The first-order chi connectivity index (χ1) is 19.9. The number of carbonyl (C=O) groups excluding carboxylic acids is 3. The largest absolute Gasteiger partial charge is 0.573 e. The molecule has 0 atom stereocenters. The minimum absolute atomic E-state index is 0.0518. The van der Waals surface area contributed by atoms with E-state index in [4.69, 9.17) is 5.11 Å². The van der Waals surface area contributed by atoms with Crippen LogP contribution in [0.5, 0.6) is 5.75 Å². The molecule has 7 nitrogen and oxygen atoms in total. The number of rotatable bonds is 11. The fourth-order valence-corrected chi connectivity index (χ4v) is 5.13. The van der Waals surface area contributed by atoms with Crippen LogP contribution >= 0.6 is 11.8 Å². The standard InChI is InChI=1S/C31H26F3NO6S/c1-42-27-16-23(11-12-26(27)41-31(32,33)34)25(36)17-24(22-10-5-18-3-2-4-21(18)15-22)29(39)19-6-8-20(9-7-19)30(40)35-14-13-28(37)38/h5-12,15-17H,2-4,13-14H2,1H3,(H,35,40)(H,37,38)/b24-17-. The number of ether oxygens (including phenoxy) is 1.